The average molecular weight is 1710 g/mol. The van der Waals surface area contributed by atoms with Gasteiger partial charge in [0.2, 0.25) is 0 Å². The van der Waals surface area contributed by atoms with Crippen LogP contribution in [-0.2, 0) is 165 Å². The molecule has 0 bridgehead atoms. The van der Waals surface area contributed by atoms with E-state index in [0.717, 1.165) is 23.7 Å². The van der Waals surface area contributed by atoms with Crippen molar-refractivity contribution in [1.82, 2.24) is 0 Å². The van der Waals surface area contributed by atoms with Crippen LogP contribution in [0.25, 0.3) is 0 Å². The minimum Gasteiger partial charge on any atom is 4.00 e. The van der Waals surface area contributed by atoms with E-state index in [1.54, 1.807) is 51.4 Å². The molecule has 6 aliphatic rings. The zero-order chi connectivity index (χ0) is 48.7. The van der Waals surface area contributed by atoms with Crippen molar-refractivity contribution >= 4 is 121 Å². The molecule has 6 rings (SSSR count). The van der Waals surface area contributed by atoms with Crippen molar-refractivity contribution in [2.75, 3.05) is 0 Å². The summed E-state index contributed by atoms with van der Waals surface area (Å²) >= 11 is 8.80. The van der Waals surface area contributed by atoms with E-state index in [-0.39, 0.29) is 122 Å². The SMILES string of the molecule is C1CCC(C2CCCC2)C1.C1CCC(C2CCCC2)C1.[CH-]1CCCC1.[CH-]1CCCC1.[CH-]=O.[CH-]=O.[CH-]=O.[CH-]=O.[CH-]=O.[CH-]=O.[CH-]=O.[CH-]=O.[CH-]=O.[CH-]=O.[CH-]=O.[CH-]=O.[CH3-].[CH3-].[CH3-].[CH3-].[CH3-].[CH3-].[Ru+3].[Ru+3].[Ru+3][I].[Ru+3][I].[Ru+4].[Ru+4]. The van der Waals surface area contributed by atoms with Gasteiger partial charge in [-0.1, -0.05) is 128 Å². The van der Waals surface area contributed by atoms with Gasteiger partial charge in [-0.2, -0.15) is 25.7 Å². The van der Waals surface area contributed by atoms with Gasteiger partial charge < -0.3 is 115 Å². The Kier molecular flexibility index (Phi) is 426. The zero-order valence-electron chi connectivity index (χ0n) is 41.1. The number of rotatable bonds is 2. The van der Waals surface area contributed by atoms with Gasteiger partial charge in [-0.15, -0.1) is 0 Å². The molecule has 0 N–H and O–H groups in total. The molecule has 0 amide bonds. The van der Waals surface area contributed by atoms with Crippen molar-refractivity contribution in [2.24, 2.45) is 23.7 Å². The van der Waals surface area contributed by atoms with Gasteiger partial charge in [0.1, 0.15) is 0 Å². The minimum atomic E-state index is 0. The maximum absolute atomic E-state index is 7.75. The van der Waals surface area contributed by atoms with Crippen LogP contribution in [0.2, 0.25) is 0 Å². The molecule has 6 fully saturated rings. The first-order valence-electron chi connectivity index (χ1n) is 17.7. The number of hydrogen-bond donors (Lipinski definition) is 0. The molecule has 0 aliphatic heterocycles. The van der Waals surface area contributed by atoms with E-state index in [4.69, 9.17) is 57.5 Å². The van der Waals surface area contributed by atoms with Gasteiger partial charge in [-0.05, 0) is 23.7 Å². The van der Waals surface area contributed by atoms with E-state index in [1.807, 2.05) is 0 Å². The Morgan fingerprint density at radius 2 is 0.338 bits per heavy atom. The van der Waals surface area contributed by atoms with Crippen molar-refractivity contribution in [1.29, 1.82) is 0 Å². The Morgan fingerprint density at radius 3 is 0.397 bits per heavy atom. The predicted octanol–water partition coefficient (Wildman–Crippen LogP) is 11.4. The first-order chi connectivity index (χ1) is 28.9. The van der Waals surface area contributed by atoms with Crippen LogP contribution in [0.15, 0.2) is 0 Å². The minimum absolute atomic E-state index is 0. The molecule has 0 heterocycles. The normalized spacial score (nSPS) is 13.2. The van der Waals surface area contributed by atoms with Crippen molar-refractivity contribution in [2.45, 2.75) is 154 Å². The maximum atomic E-state index is 7.75. The van der Waals surface area contributed by atoms with E-state index in [9.17, 15) is 0 Å². The Balaban J connectivity index is -0.0000000173. The molecule has 410 valence electrons. The Hall–Kier alpha value is 1.24. The third kappa shape index (κ3) is 132. The van der Waals surface area contributed by atoms with Gasteiger partial charge in [-0.25, -0.2) is 0 Å². The second-order valence-corrected chi connectivity index (χ2v) is 11.3. The third-order valence-corrected chi connectivity index (χ3v) is 9.07. The van der Waals surface area contributed by atoms with Crippen LogP contribution in [0.1, 0.15) is 154 Å². The van der Waals surface area contributed by atoms with Gasteiger partial charge >= 0.3 is 147 Å². The molecular weight excluding hydrogens is 1630 g/mol. The topological polar surface area (TPSA) is 205 Å². The number of carbonyl (C=O) groups excluding carboxylic acids is 12. The summed E-state index contributed by atoms with van der Waals surface area (Å²) in [5.74, 6) is 4.62. The molecule has 68 heavy (non-hydrogen) atoms. The average Bonchev–Trinajstić information content (AvgIpc) is 4.22. The molecule has 0 aromatic heterocycles. The molecule has 0 spiro atoms. The molecule has 12 nitrogen and oxygen atoms in total. The zero-order valence-corrected chi connectivity index (χ0v) is 55.9. The molecule has 0 unspecified atom stereocenters. The summed E-state index contributed by atoms with van der Waals surface area (Å²) < 4.78 is 0. The Labute approximate surface area is 515 Å². The molecular formula is C48H84I2O12Ru6. The second kappa shape index (κ2) is 200. The smallest absolute Gasteiger partial charge is 4.00 e. The van der Waals surface area contributed by atoms with Gasteiger partial charge in [-0.3, -0.25) is 81.5 Å². The molecule has 0 aromatic carbocycles. The first kappa shape index (κ1) is 144. The van der Waals surface area contributed by atoms with Crippen LogP contribution in [0.5, 0.6) is 0 Å². The fraction of sp³-hybridized carbons (Fsp3) is 0.583. The summed E-state index contributed by atoms with van der Waals surface area (Å²) in [5, 5.41) is 0. The Bertz CT molecular complexity index is 493. The van der Waals surface area contributed by atoms with Crippen LogP contribution >= 0.6 is 39.5 Å². The van der Waals surface area contributed by atoms with Gasteiger partial charge in [0.05, 0.1) is 0 Å². The summed E-state index contributed by atoms with van der Waals surface area (Å²) in [7, 11) is 0. The molecule has 0 atom stereocenters. The fourth-order valence-electron chi connectivity index (χ4n) is 7.16. The van der Waals surface area contributed by atoms with Gasteiger partial charge in [0, 0.05) is 0 Å². The molecule has 6 saturated carbocycles. The second-order valence-electron chi connectivity index (χ2n) is 11.3. The van der Waals surface area contributed by atoms with E-state index < -0.39 is 0 Å². The summed E-state index contributed by atoms with van der Waals surface area (Å²) in [6.07, 6.45) is 40.7. The summed E-state index contributed by atoms with van der Waals surface area (Å²) in [6, 6.07) is 0. The number of halogens is 2. The standard InChI is InChI=1S/2C10H18.2C5H9.12CHO.6CH3.2HI.6Ru/c2*1-2-6-9(5-1)10-7-3-4-8-10;2*1-2-4-5-3-1;12*1-2;;;;;;;;;;;;;;/h2*9-10H,1-8H2;2*1H,2-5H2;12*1H;6*1H3;2*1H;;;;;;/q;;20*-1;;;2*+3;4*+4/p-2. The first-order valence-corrected chi connectivity index (χ1v) is 28.0. The van der Waals surface area contributed by atoms with Crippen LogP contribution in [-0.4, -0.2) is 81.5 Å². The van der Waals surface area contributed by atoms with Gasteiger partial charge in [0.15, 0.2) is 0 Å². The van der Waals surface area contributed by atoms with E-state index in [0.29, 0.717) is 0 Å². The number of hydrogen-bond acceptors (Lipinski definition) is 12. The van der Waals surface area contributed by atoms with Crippen LogP contribution in [0, 0.1) is 81.1 Å². The summed E-state index contributed by atoms with van der Waals surface area (Å²) in [5.41, 5.74) is 0. The molecule has 2 radical (unpaired) electrons. The van der Waals surface area contributed by atoms with Crippen LogP contribution in [0.3, 0.4) is 0 Å². The molecule has 0 saturated heterocycles. The van der Waals surface area contributed by atoms with Crippen LogP contribution < -0.4 is 0 Å². The quantitative estimate of drug-likeness (QED) is 0.110. The molecule has 0 aromatic rings. The summed E-state index contributed by atoms with van der Waals surface area (Å²) in [6.45, 7) is 39.0. The third-order valence-electron chi connectivity index (χ3n) is 9.07. The van der Waals surface area contributed by atoms with E-state index in [1.165, 1.54) is 103 Å². The van der Waals surface area contributed by atoms with E-state index >= 15 is 0 Å². The van der Waals surface area contributed by atoms with Crippen LogP contribution in [0.4, 0.5) is 0 Å². The monoisotopic (exact) mass is 1720 g/mol. The van der Waals surface area contributed by atoms with Crippen molar-refractivity contribution < 1.29 is 165 Å². The van der Waals surface area contributed by atoms with Crippen molar-refractivity contribution in [3.63, 3.8) is 0 Å². The fourth-order valence-corrected chi connectivity index (χ4v) is 7.16. The van der Waals surface area contributed by atoms with Gasteiger partial charge in [0.25, 0.3) is 0 Å². The predicted molar refractivity (Wildman–Crippen MR) is 281 cm³/mol. The molecule has 20 heteroatoms. The Morgan fingerprint density at radius 1 is 0.250 bits per heavy atom. The van der Waals surface area contributed by atoms with Crippen molar-refractivity contribution in [3.05, 3.63) is 57.4 Å². The molecule has 6 aliphatic carbocycles. The van der Waals surface area contributed by atoms with Crippen molar-refractivity contribution in [3.8, 4) is 0 Å². The maximum Gasteiger partial charge on any atom is 4.00 e. The largest absolute Gasteiger partial charge is 4.00 e. The summed E-state index contributed by atoms with van der Waals surface area (Å²) in [4.78, 5) is 93.0. The van der Waals surface area contributed by atoms with E-state index in [2.05, 4.69) is 163 Å².